The van der Waals surface area contributed by atoms with Gasteiger partial charge >= 0.3 is 11.9 Å². The number of rotatable bonds is 21. The molecule has 12 unspecified atom stereocenters. The first-order valence-electron chi connectivity index (χ1n) is 21.5. The molecule has 3 fully saturated rings. The number of nitrogens with zero attached hydrogens (tertiary/aromatic N) is 3. The van der Waals surface area contributed by atoms with E-state index < -0.39 is 103 Å². The fourth-order valence-corrected chi connectivity index (χ4v) is 8.47. The number of likely N-dealkylation sites (N-methyl/N-ethyl adjacent to an activating group) is 1. The molecule has 20 heteroatoms. The highest BCUT2D eigenvalue weighted by Gasteiger charge is 2.56. The third-order valence-electron chi connectivity index (χ3n) is 11.8. The van der Waals surface area contributed by atoms with Gasteiger partial charge in [-0.15, -0.1) is 0 Å². The van der Waals surface area contributed by atoms with Crippen LogP contribution in [0.15, 0.2) is 29.3 Å². The van der Waals surface area contributed by atoms with Gasteiger partial charge in [0.05, 0.1) is 6.10 Å². The summed E-state index contributed by atoms with van der Waals surface area (Å²) in [5.74, 6) is -4.61. The number of aliphatic hydroxyl groups excluding tert-OH is 4. The van der Waals surface area contributed by atoms with E-state index in [0.29, 0.717) is 31.4 Å². The van der Waals surface area contributed by atoms with Crippen LogP contribution in [0, 0.1) is 11.8 Å². The number of carbonyl (C=O) groups excluding carboxylic acids is 4. The third-order valence-corrected chi connectivity index (χ3v) is 11.8. The molecule has 4 rings (SSSR count). The minimum Gasteiger partial charge on any atom is -0.508 e. The molecule has 0 bridgehead atoms. The monoisotopic (exact) mass is 878 g/mol. The molecule has 348 valence electrons. The second kappa shape index (κ2) is 23.2. The van der Waals surface area contributed by atoms with Crippen molar-refractivity contribution >= 4 is 35.6 Å². The summed E-state index contributed by atoms with van der Waals surface area (Å²) in [6.45, 7) is 6.27. The summed E-state index contributed by atoms with van der Waals surface area (Å²) >= 11 is 0. The Hall–Kier alpha value is -4.60. The number of aromatic hydroxyl groups is 1. The lowest BCUT2D eigenvalue weighted by molar-refractivity contribution is -0.314. The molecule has 62 heavy (non-hydrogen) atoms. The van der Waals surface area contributed by atoms with E-state index in [1.807, 2.05) is 20.8 Å². The topological polar surface area (TPSA) is 317 Å². The second-order valence-electron chi connectivity index (χ2n) is 17.0. The van der Waals surface area contributed by atoms with E-state index in [1.165, 1.54) is 29.0 Å². The first-order chi connectivity index (χ1) is 29.3. The number of aliphatic hydroxyl groups is 4. The SMILES string of the molecule is CCCCCC(=O)OC1CC2CC(C(=O)NCCCCN=C(N)N)N(C(=O)C(CC(C)C)N(C)C(=O)C(O)Cc3ccc(O)cc3)C2CC1OC1OC(C(=O)O)C(O)C(O)C1O. The average molecular weight is 879 g/mol. The number of likely N-dealkylation sites (tertiary alicyclic amines) is 1. The van der Waals surface area contributed by atoms with Crippen molar-refractivity contribution in [1.82, 2.24) is 15.1 Å². The Morgan fingerprint density at radius 1 is 0.968 bits per heavy atom. The third kappa shape index (κ3) is 13.2. The molecule has 20 nitrogen and oxygen atoms in total. The molecule has 2 aliphatic heterocycles. The van der Waals surface area contributed by atoms with Crippen LogP contribution >= 0.6 is 0 Å². The number of guanidine groups is 1. The summed E-state index contributed by atoms with van der Waals surface area (Å²) < 4.78 is 17.6. The number of phenolic OH excluding ortho intramolecular Hbond substituents is 1. The number of aliphatic imine (C=N–C) groups is 1. The molecule has 0 radical (unpaired) electrons. The lowest BCUT2D eigenvalue weighted by Crippen LogP contribution is -2.62. The van der Waals surface area contributed by atoms with Crippen LogP contribution in [0.1, 0.15) is 90.5 Å². The van der Waals surface area contributed by atoms with Crippen LogP contribution in [0.3, 0.4) is 0 Å². The van der Waals surface area contributed by atoms with Crippen LogP contribution in [-0.4, -0.2) is 163 Å². The number of amides is 3. The van der Waals surface area contributed by atoms with Gasteiger partial charge in [0.2, 0.25) is 11.8 Å². The smallest absolute Gasteiger partial charge is 0.335 e. The number of carboxylic acids is 1. The molecule has 1 aromatic rings. The Morgan fingerprint density at radius 3 is 2.29 bits per heavy atom. The summed E-state index contributed by atoms with van der Waals surface area (Å²) in [7, 11) is 1.41. The van der Waals surface area contributed by atoms with E-state index in [-0.39, 0.29) is 62.7 Å². The number of aliphatic carboxylic acids is 1. The van der Waals surface area contributed by atoms with E-state index >= 15 is 4.79 Å². The molecular formula is C42H66N6O14. The van der Waals surface area contributed by atoms with Gasteiger partial charge in [0.1, 0.15) is 48.4 Å². The zero-order chi connectivity index (χ0) is 45.8. The maximum Gasteiger partial charge on any atom is 0.335 e. The number of phenols is 1. The van der Waals surface area contributed by atoms with E-state index in [1.54, 1.807) is 12.1 Å². The number of unbranched alkanes of at least 4 members (excludes halogenated alkanes) is 3. The molecule has 1 aliphatic carbocycles. The average Bonchev–Trinajstić information content (AvgIpc) is 3.59. The van der Waals surface area contributed by atoms with Gasteiger partial charge in [0.15, 0.2) is 18.4 Å². The molecular weight excluding hydrogens is 812 g/mol. The lowest BCUT2D eigenvalue weighted by atomic mass is 9.80. The highest BCUT2D eigenvalue weighted by atomic mass is 16.7. The molecule has 0 spiro atoms. The Bertz CT molecular complexity index is 1700. The van der Waals surface area contributed by atoms with Gasteiger partial charge in [-0.2, -0.15) is 0 Å². The molecule has 0 aromatic heterocycles. The molecule has 1 aromatic carbocycles. The molecule has 3 amide bonds. The fraction of sp³-hybridized carbons (Fsp3) is 0.714. The normalized spacial score (nSPS) is 28.0. The number of hydrogen-bond acceptors (Lipinski definition) is 14. The zero-order valence-corrected chi connectivity index (χ0v) is 36.0. The molecule has 2 heterocycles. The minimum absolute atomic E-state index is 0.0119. The number of ether oxygens (including phenoxy) is 3. The number of nitrogens with one attached hydrogen (secondary N) is 1. The number of benzene rings is 1. The molecule has 3 aliphatic rings. The molecule has 12 atom stereocenters. The number of esters is 1. The van der Waals surface area contributed by atoms with Crippen LogP contribution in [0.2, 0.25) is 0 Å². The summed E-state index contributed by atoms with van der Waals surface area (Å²) in [5, 5.41) is 65.2. The van der Waals surface area contributed by atoms with Crippen molar-refractivity contribution in [2.75, 3.05) is 20.1 Å². The number of fused-ring (bicyclic) bond motifs is 1. The minimum atomic E-state index is -1.99. The summed E-state index contributed by atoms with van der Waals surface area (Å²) in [6, 6.07) is 2.97. The highest BCUT2D eigenvalue weighted by molar-refractivity contribution is 5.93. The Kier molecular flexibility index (Phi) is 18.7. The summed E-state index contributed by atoms with van der Waals surface area (Å²) in [4.78, 5) is 74.8. The van der Waals surface area contributed by atoms with E-state index in [0.717, 1.165) is 12.8 Å². The van der Waals surface area contributed by atoms with E-state index in [9.17, 15) is 49.8 Å². The standard InChI is InChI=1S/C42H66N6O14/c1-5-6-7-10-32(51)60-30-20-24-19-27(37(55)45-15-8-9-16-46-42(43)44)48(26(24)21-31(30)61-41-35(54)33(52)34(53)36(62-41)40(58)59)38(56)28(17-22(2)3)47(4)39(57)29(50)18-23-11-13-25(49)14-12-23/h11-14,22,24,26-31,33-36,41,49-50,52-54H,5-10,15-21H2,1-4H3,(H,45,55)(H,58,59)(H4,43,44,46). The van der Waals surface area contributed by atoms with Crippen LogP contribution in [0.4, 0.5) is 0 Å². The number of hydrogen-bond donors (Lipinski definition) is 9. The van der Waals surface area contributed by atoms with Crippen molar-refractivity contribution in [3.8, 4) is 5.75 Å². The van der Waals surface area contributed by atoms with Crippen molar-refractivity contribution in [3.63, 3.8) is 0 Å². The van der Waals surface area contributed by atoms with Crippen molar-refractivity contribution < 1.29 is 68.8 Å². The quantitative estimate of drug-likeness (QED) is 0.0325. The number of carboxylic acid groups (broad SMARTS) is 1. The number of nitrogens with two attached hydrogens (primary N) is 2. The molecule has 1 saturated carbocycles. The molecule has 2 saturated heterocycles. The zero-order valence-electron chi connectivity index (χ0n) is 36.0. The van der Waals surface area contributed by atoms with Crippen molar-refractivity contribution in [3.05, 3.63) is 29.8 Å². The van der Waals surface area contributed by atoms with E-state index in [4.69, 9.17) is 25.7 Å². The van der Waals surface area contributed by atoms with Gasteiger partial charge in [0.25, 0.3) is 5.91 Å². The summed E-state index contributed by atoms with van der Waals surface area (Å²) in [6.07, 6.45) is -9.94. The van der Waals surface area contributed by atoms with Crippen LogP contribution in [-0.2, 0) is 44.6 Å². The second-order valence-corrected chi connectivity index (χ2v) is 17.0. The van der Waals surface area contributed by atoms with Gasteiger partial charge < -0.3 is 71.4 Å². The maximum atomic E-state index is 15.1. The number of carbonyl (C=O) groups is 5. The van der Waals surface area contributed by atoms with Gasteiger partial charge in [-0.25, -0.2) is 4.79 Å². The van der Waals surface area contributed by atoms with Crippen molar-refractivity contribution in [2.24, 2.45) is 28.3 Å². The lowest BCUT2D eigenvalue weighted by Gasteiger charge is -2.45. The first kappa shape index (κ1) is 50.0. The largest absolute Gasteiger partial charge is 0.508 e. The van der Waals surface area contributed by atoms with Crippen LogP contribution in [0.5, 0.6) is 5.75 Å². The van der Waals surface area contributed by atoms with Crippen LogP contribution in [0.25, 0.3) is 0 Å². The maximum absolute atomic E-state index is 15.1. The predicted molar refractivity (Wildman–Crippen MR) is 222 cm³/mol. The summed E-state index contributed by atoms with van der Waals surface area (Å²) in [5.41, 5.74) is 11.4. The van der Waals surface area contributed by atoms with E-state index in [2.05, 4.69) is 10.3 Å². The van der Waals surface area contributed by atoms with Gasteiger partial charge in [-0.1, -0.05) is 45.7 Å². The Labute approximate surface area is 361 Å². The van der Waals surface area contributed by atoms with Gasteiger partial charge in [0, 0.05) is 39.0 Å². The van der Waals surface area contributed by atoms with Crippen LogP contribution < -0.4 is 16.8 Å². The van der Waals surface area contributed by atoms with Crippen molar-refractivity contribution in [1.29, 1.82) is 0 Å². The highest BCUT2D eigenvalue weighted by Crippen LogP contribution is 2.44. The fourth-order valence-electron chi connectivity index (χ4n) is 8.47. The molecule has 11 N–H and O–H groups in total. The first-order valence-corrected chi connectivity index (χ1v) is 21.5. The van der Waals surface area contributed by atoms with Gasteiger partial charge in [-0.05, 0) is 74.5 Å². The van der Waals surface area contributed by atoms with Gasteiger partial charge in [-0.3, -0.25) is 24.2 Å². The van der Waals surface area contributed by atoms with Crippen molar-refractivity contribution in [2.45, 2.75) is 159 Å². The Balaban J connectivity index is 1.69. The Morgan fingerprint density at radius 2 is 1.66 bits per heavy atom. The predicted octanol–water partition coefficient (Wildman–Crippen LogP) is -0.512.